The van der Waals surface area contributed by atoms with Gasteiger partial charge < -0.3 is 20.3 Å². The maximum Gasteiger partial charge on any atom is 0.308 e. The van der Waals surface area contributed by atoms with Gasteiger partial charge in [-0.25, -0.2) is 0 Å². The van der Waals surface area contributed by atoms with Crippen molar-refractivity contribution in [1.82, 2.24) is 15.5 Å². The molecule has 0 spiro atoms. The van der Waals surface area contributed by atoms with Crippen molar-refractivity contribution in [3.8, 4) is 0 Å². The van der Waals surface area contributed by atoms with E-state index in [0.717, 1.165) is 42.8 Å². The second kappa shape index (κ2) is 10.9. The number of hydrogen-bond acceptors (Lipinski definition) is 4. The third-order valence-electron chi connectivity index (χ3n) is 4.55. The SMILES string of the molecule is CN=C(NCCCNC(=O)c1cccc(Br)c1)N1CCC(C(=O)OC)CC1. The number of nitrogens with zero attached hydrogens (tertiary/aromatic N) is 2. The van der Waals surface area contributed by atoms with Crippen molar-refractivity contribution < 1.29 is 14.3 Å². The average molecular weight is 439 g/mol. The van der Waals surface area contributed by atoms with E-state index < -0.39 is 0 Å². The molecule has 1 fully saturated rings. The minimum absolute atomic E-state index is 0.0161. The highest BCUT2D eigenvalue weighted by Crippen LogP contribution is 2.18. The molecule has 1 aromatic rings. The van der Waals surface area contributed by atoms with Crippen LogP contribution in [0.2, 0.25) is 0 Å². The van der Waals surface area contributed by atoms with E-state index >= 15 is 0 Å². The number of hydrogen-bond donors (Lipinski definition) is 2. The van der Waals surface area contributed by atoms with Crippen LogP contribution in [0.4, 0.5) is 0 Å². The number of benzene rings is 1. The lowest BCUT2D eigenvalue weighted by atomic mass is 9.97. The van der Waals surface area contributed by atoms with Gasteiger partial charge in [-0.05, 0) is 37.5 Å². The van der Waals surface area contributed by atoms with Gasteiger partial charge in [-0.3, -0.25) is 14.6 Å². The first-order valence-electron chi connectivity index (χ1n) is 9.12. The summed E-state index contributed by atoms with van der Waals surface area (Å²) in [5.74, 6) is 0.610. The molecule has 27 heavy (non-hydrogen) atoms. The number of guanidine groups is 1. The quantitative estimate of drug-likeness (QED) is 0.307. The van der Waals surface area contributed by atoms with Gasteiger partial charge in [-0.2, -0.15) is 0 Å². The lowest BCUT2D eigenvalue weighted by molar-refractivity contribution is -0.146. The van der Waals surface area contributed by atoms with E-state index in [2.05, 4.69) is 36.5 Å². The molecule has 1 saturated heterocycles. The van der Waals surface area contributed by atoms with Gasteiger partial charge in [0.05, 0.1) is 13.0 Å². The van der Waals surface area contributed by atoms with Crippen molar-refractivity contribution in [2.75, 3.05) is 40.3 Å². The van der Waals surface area contributed by atoms with Crippen molar-refractivity contribution in [1.29, 1.82) is 0 Å². The second-order valence-electron chi connectivity index (χ2n) is 6.38. The predicted octanol–water partition coefficient (Wildman–Crippen LogP) is 2.03. The molecule has 0 aromatic heterocycles. The molecule has 0 atom stereocenters. The highest BCUT2D eigenvalue weighted by atomic mass is 79.9. The number of aliphatic imine (C=N–C) groups is 1. The Bertz CT molecular complexity index is 673. The zero-order chi connectivity index (χ0) is 19.6. The molecule has 0 aliphatic carbocycles. The number of rotatable bonds is 6. The molecule has 8 heteroatoms. The Morgan fingerprint density at radius 1 is 1.26 bits per heavy atom. The van der Waals surface area contributed by atoms with E-state index in [1.165, 1.54) is 7.11 Å². The summed E-state index contributed by atoms with van der Waals surface area (Å²) >= 11 is 3.37. The largest absolute Gasteiger partial charge is 0.469 e. The summed E-state index contributed by atoms with van der Waals surface area (Å²) in [4.78, 5) is 30.2. The van der Waals surface area contributed by atoms with Gasteiger partial charge in [-0.15, -0.1) is 0 Å². The van der Waals surface area contributed by atoms with Gasteiger partial charge in [0.25, 0.3) is 5.91 Å². The van der Waals surface area contributed by atoms with E-state index in [1.807, 2.05) is 12.1 Å². The first kappa shape index (κ1) is 21.2. The Balaban J connectivity index is 1.67. The number of carbonyl (C=O) groups is 2. The molecule has 1 amide bonds. The zero-order valence-corrected chi connectivity index (χ0v) is 17.4. The van der Waals surface area contributed by atoms with E-state index in [4.69, 9.17) is 4.74 Å². The first-order valence-corrected chi connectivity index (χ1v) is 9.91. The summed E-state index contributed by atoms with van der Waals surface area (Å²) in [5.41, 5.74) is 0.640. The Hall–Kier alpha value is -2.09. The fourth-order valence-electron chi connectivity index (χ4n) is 3.05. The van der Waals surface area contributed by atoms with Gasteiger partial charge in [0.1, 0.15) is 0 Å². The van der Waals surface area contributed by atoms with E-state index in [-0.39, 0.29) is 17.8 Å². The molecule has 2 N–H and O–H groups in total. The molecule has 0 radical (unpaired) electrons. The first-order chi connectivity index (χ1) is 13.0. The molecule has 1 aromatic carbocycles. The normalized spacial score (nSPS) is 15.4. The van der Waals surface area contributed by atoms with E-state index in [1.54, 1.807) is 19.2 Å². The number of amides is 1. The maximum atomic E-state index is 12.1. The number of methoxy groups -OCH3 is 1. The lowest BCUT2D eigenvalue weighted by Gasteiger charge is -2.33. The van der Waals surface area contributed by atoms with Crippen LogP contribution in [-0.4, -0.2) is 63.1 Å². The van der Waals surface area contributed by atoms with Crippen molar-refractivity contribution in [2.24, 2.45) is 10.9 Å². The zero-order valence-electron chi connectivity index (χ0n) is 15.8. The summed E-state index contributed by atoms with van der Waals surface area (Å²) in [5, 5.41) is 6.24. The number of halogens is 1. The molecule has 0 saturated carbocycles. The van der Waals surface area contributed by atoms with Crippen molar-refractivity contribution in [3.05, 3.63) is 34.3 Å². The average Bonchev–Trinajstić information content (AvgIpc) is 2.70. The molecule has 0 unspecified atom stereocenters. The summed E-state index contributed by atoms with van der Waals surface area (Å²) < 4.78 is 5.71. The van der Waals surface area contributed by atoms with Gasteiger partial charge in [0.15, 0.2) is 5.96 Å². The van der Waals surface area contributed by atoms with E-state index in [9.17, 15) is 9.59 Å². The summed E-state index contributed by atoms with van der Waals surface area (Å²) in [6.45, 7) is 2.85. The topological polar surface area (TPSA) is 83.0 Å². The highest BCUT2D eigenvalue weighted by molar-refractivity contribution is 9.10. The molecule has 0 bridgehead atoms. The Morgan fingerprint density at radius 3 is 2.59 bits per heavy atom. The summed E-state index contributed by atoms with van der Waals surface area (Å²) in [7, 11) is 3.19. The molecule has 148 valence electrons. The van der Waals surface area contributed by atoms with Gasteiger partial charge >= 0.3 is 5.97 Å². The van der Waals surface area contributed by atoms with E-state index in [0.29, 0.717) is 18.7 Å². The third kappa shape index (κ3) is 6.53. The Morgan fingerprint density at radius 2 is 1.96 bits per heavy atom. The van der Waals surface area contributed by atoms with Crippen LogP contribution in [0.25, 0.3) is 0 Å². The van der Waals surface area contributed by atoms with Crippen LogP contribution in [0.15, 0.2) is 33.7 Å². The Labute approximate surface area is 168 Å². The number of piperidine rings is 1. The van der Waals surface area contributed by atoms with Crippen LogP contribution in [0.3, 0.4) is 0 Å². The van der Waals surface area contributed by atoms with Crippen LogP contribution in [0.5, 0.6) is 0 Å². The molecule has 1 aliphatic heterocycles. The minimum Gasteiger partial charge on any atom is -0.469 e. The molecular formula is C19H27BrN4O3. The standard InChI is InChI=1S/C19H27BrN4O3/c1-21-19(24-11-7-14(8-12-24)18(26)27-2)23-10-4-9-22-17(25)15-5-3-6-16(20)13-15/h3,5-6,13-14H,4,7-12H2,1-2H3,(H,21,23)(H,22,25). The number of likely N-dealkylation sites (tertiary alicyclic amines) is 1. The smallest absolute Gasteiger partial charge is 0.308 e. The molecule has 7 nitrogen and oxygen atoms in total. The monoisotopic (exact) mass is 438 g/mol. The number of carbonyl (C=O) groups excluding carboxylic acids is 2. The van der Waals surface area contributed by atoms with Crippen LogP contribution in [0, 0.1) is 5.92 Å². The van der Waals surface area contributed by atoms with Crippen molar-refractivity contribution >= 4 is 33.8 Å². The van der Waals surface area contributed by atoms with Crippen molar-refractivity contribution in [2.45, 2.75) is 19.3 Å². The minimum atomic E-state index is -0.126. The fourth-order valence-corrected chi connectivity index (χ4v) is 3.45. The Kier molecular flexibility index (Phi) is 8.57. The van der Waals surface area contributed by atoms with Gasteiger partial charge in [0, 0.05) is 43.3 Å². The fraction of sp³-hybridized carbons (Fsp3) is 0.526. The number of esters is 1. The molecule has 1 aliphatic rings. The molecule has 1 heterocycles. The number of nitrogens with one attached hydrogen (secondary N) is 2. The maximum absolute atomic E-state index is 12.1. The van der Waals surface area contributed by atoms with Crippen LogP contribution in [-0.2, 0) is 9.53 Å². The van der Waals surface area contributed by atoms with Crippen molar-refractivity contribution in [3.63, 3.8) is 0 Å². The number of ether oxygens (including phenoxy) is 1. The lowest BCUT2D eigenvalue weighted by Crippen LogP contribution is -2.47. The third-order valence-corrected chi connectivity index (χ3v) is 5.04. The summed E-state index contributed by atoms with van der Waals surface area (Å²) in [6, 6.07) is 7.32. The van der Waals surface area contributed by atoms with Crippen LogP contribution in [0.1, 0.15) is 29.6 Å². The van der Waals surface area contributed by atoms with Crippen LogP contribution >= 0.6 is 15.9 Å². The second-order valence-corrected chi connectivity index (χ2v) is 7.29. The predicted molar refractivity (Wildman–Crippen MR) is 109 cm³/mol. The van der Waals surface area contributed by atoms with Gasteiger partial charge in [0.2, 0.25) is 0 Å². The summed E-state index contributed by atoms with van der Waals surface area (Å²) in [6.07, 6.45) is 2.34. The molecular weight excluding hydrogens is 412 g/mol. The highest BCUT2D eigenvalue weighted by Gasteiger charge is 2.26. The van der Waals surface area contributed by atoms with Crippen LogP contribution < -0.4 is 10.6 Å². The molecule has 2 rings (SSSR count). The van der Waals surface area contributed by atoms with Gasteiger partial charge in [-0.1, -0.05) is 22.0 Å².